The van der Waals surface area contributed by atoms with Gasteiger partial charge in [0.05, 0.1) is 23.8 Å². The van der Waals surface area contributed by atoms with Gasteiger partial charge in [-0.2, -0.15) is 0 Å². The molecule has 0 aromatic carbocycles. The largest absolute Gasteiger partial charge is 0.488 e. The molecule has 2 aromatic rings. The van der Waals surface area contributed by atoms with Gasteiger partial charge in [0, 0.05) is 11.8 Å². The molecule has 3 N–H and O–H groups in total. The molecule has 10 heteroatoms. The van der Waals surface area contributed by atoms with E-state index in [2.05, 4.69) is 10.3 Å². The lowest BCUT2D eigenvalue weighted by Gasteiger charge is -2.18. The molecule has 0 radical (unpaired) electrons. The lowest BCUT2D eigenvalue weighted by Crippen LogP contribution is -2.37. The van der Waals surface area contributed by atoms with Crippen molar-refractivity contribution in [1.29, 1.82) is 0 Å². The van der Waals surface area contributed by atoms with E-state index < -0.39 is 30.2 Å². The Kier molecular flexibility index (Phi) is 4.71. The van der Waals surface area contributed by atoms with Gasteiger partial charge in [-0.15, -0.1) is 11.3 Å². The summed E-state index contributed by atoms with van der Waals surface area (Å²) in [6.45, 7) is -0.103. The molecule has 0 saturated carbocycles. The van der Waals surface area contributed by atoms with Crippen molar-refractivity contribution < 1.29 is 27.8 Å². The molecular formula is C15H15F2N3O4S. The standard InChI is InChI=1S/C15H15F2N3O4S/c1-23-15-7(14(18)22)2-10-12(20-15)9(5-25-10)24-4-8-6(13(16)17)3-11(21)19-8/h2,5-6,8,13H,3-4H2,1H3,(H2,18,22)(H,19,21). The first-order valence-electron chi connectivity index (χ1n) is 7.37. The Morgan fingerprint density at radius 3 is 2.96 bits per heavy atom. The van der Waals surface area contributed by atoms with Gasteiger partial charge in [0.2, 0.25) is 18.2 Å². The summed E-state index contributed by atoms with van der Waals surface area (Å²) in [6.07, 6.45) is -2.83. The summed E-state index contributed by atoms with van der Waals surface area (Å²) in [5.41, 5.74) is 5.87. The fourth-order valence-electron chi connectivity index (χ4n) is 2.69. The van der Waals surface area contributed by atoms with E-state index in [0.717, 1.165) is 0 Å². The van der Waals surface area contributed by atoms with Gasteiger partial charge in [-0.1, -0.05) is 0 Å². The second kappa shape index (κ2) is 6.79. The van der Waals surface area contributed by atoms with Gasteiger partial charge >= 0.3 is 0 Å². The molecule has 3 rings (SSSR count). The zero-order chi connectivity index (χ0) is 18.1. The summed E-state index contributed by atoms with van der Waals surface area (Å²) in [7, 11) is 1.36. The summed E-state index contributed by atoms with van der Waals surface area (Å²) >= 11 is 1.27. The minimum absolute atomic E-state index is 0.0582. The molecule has 134 valence electrons. The quantitative estimate of drug-likeness (QED) is 0.802. The van der Waals surface area contributed by atoms with Gasteiger partial charge in [-0.25, -0.2) is 13.8 Å². The summed E-state index contributed by atoms with van der Waals surface area (Å²) in [5.74, 6) is -1.75. The fraction of sp³-hybridized carbons (Fsp3) is 0.400. The Hall–Kier alpha value is -2.49. The highest BCUT2D eigenvalue weighted by atomic mass is 32.1. The highest BCUT2D eigenvalue weighted by Gasteiger charge is 2.39. The number of carbonyl (C=O) groups excluding carboxylic acids is 2. The molecule has 2 unspecified atom stereocenters. The van der Waals surface area contributed by atoms with Crippen molar-refractivity contribution in [3.63, 3.8) is 0 Å². The van der Waals surface area contributed by atoms with Crippen molar-refractivity contribution in [2.45, 2.75) is 18.9 Å². The maximum Gasteiger partial charge on any atom is 0.254 e. The maximum absolute atomic E-state index is 13.0. The van der Waals surface area contributed by atoms with Crippen LogP contribution in [0.3, 0.4) is 0 Å². The number of pyridine rings is 1. The zero-order valence-corrected chi connectivity index (χ0v) is 13.9. The van der Waals surface area contributed by atoms with E-state index in [1.54, 1.807) is 11.4 Å². The molecule has 1 aliphatic heterocycles. The molecule has 2 amide bonds. The third-order valence-electron chi connectivity index (χ3n) is 3.96. The van der Waals surface area contributed by atoms with E-state index in [1.807, 2.05) is 0 Å². The zero-order valence-electron chi connectivity index (χ0n) is 13.1. The number of nitrogens with zero attached hydrogens (tertiary/aromatic N) is 1. The van der Waals surface area contributed by atoms with Gasteiger partial charge in [0.15, 0.2) is 5.75 Å². The fourth-order valence-corrected chi connectivity index (χ4v) is 3.55. The summed E-state index contributed by atoms with van der Waals surface area (Å²) < 4.78 is 37.3. The Morgan fingerprint density at radius 1 is 1.56 bits per heavy atom. The topological polar surface area (TPSA) is 104 Å². The number of methoxy groups -OCH3 is 1. The highest BCUT2D eigenvalue weighted by Crippen LogP contribution is 2.35. The van der Waals surface area contributed by atoms with E-state index in [9.17, 15) is 18.4 Å². The monoisotopic (exact) mass is 371 g/mol. The first kappa shape index (κ1) is 17.3. The van der Waals surface area contributed by atoms with Crippen LogP contribution < -0.4 is 20.5 Å². The number of thiophene rings is 1. The minimum Gasteiger partial charge on any atom is -0.488 e. The van der Waals surface area contributed by atoms with Crippen molar-refractivity contribution in [1.82, 2.24) is 10.3 Å². The van der Waals surface area contributed by atoms with Crippen LogP contribution in [0.4, 0.5) is 8.78 Å². The van der Waals surface area contributed by atoms with Crippen LogP contribution in [0.1, 0.15) is 16.8 Å². The van der Waals surface area contributed by atoms with E-state index in [0.29, 0.717) is 16.0 Å². The molecule has 7 nitrogen and oxygen atoms in total. The highest BCUT2D eigenvalue weighted by molar-refractivity contribution is 7.17. The maximum atomic E-state index is 13.0. The lowest BCUT2D eigenvalue weighted by molar-refractivity contribution is -0.119. The molecular weight excluding hydrogens is 356 g/mol. The predicted octanol–water partition coefficient (Wildman–Crippen LogP) is 1.55. The number of amides is 2. The number of nitrogens with two attached hydrogens (primary N) is 1. The van der Waals surface area contributed by atoms with Crippen molar-refractivity contribution in [2.75, 3.05) is 13.7 Å². The van der Waals surface area contributed by atoms with Crippen LogP contribution in [0.5, 0.6) is 11.6 Å². The number of nitrogens with one attached hydrogen (secondary N) is 1. The Morgan fingerprint density at radius 2 is 2.32 bits per heavy atom. The third-order valence-corrected chi connectivity index (χ3v) is 4.86. The first-order chi connectivity index (χ1) is 11.9. The molecule has 1 saturated heterocycles. The van der Waals surface area contributed by atoms with Gasteiger partial charge in [-0.05, 0) is 6.07 Å². The van der Waals surface area contributed by atoms with Gasteiger partial charge in [-0.3, -0.25) is 9.59 Å². The number of halogens is 2. The Labute approximate surface area is 145 Å². The van der Waals surface area contributed by atoms with Gasteiger partial charge in [0.25, 0.3) is 5.91 Å². The van der Waals surface area contributed by atoms with Crippen LogP contribution in [0.15, 0.2) is 11.4 Å². The molecule has 0 bridgehead atoms. The summed E-state index contributed by atoms with van der Waals surface area (Å²) in [6, 6.07) is 0.773. The van der Waals surface area contributed by atoms with Crippen LogP contribution in [0, 0.1) is 5.92 Å². The molecule has 0 spiro atoms. The minimum atomic E-state index is -2.61. The number of rotatable bonds is 6. The second-order valence-corrected chi connectivity index (χ2v) is 6.45. The van der Waals surface area contributed by atoms with E-state index >= 15 is 0 Å². The predicted molar refractivity (Wildman–Crippen MR) is 86.2 cm³/mol. The first-order valence-corrected chi connectivity index (χ1v) is 8.25. The van der Waals surface area contributed by atoms with Crippen LogP contribution in [-0.4, -0.2) is 43.0 Å². The number of hydrogen-bond acceptors (Lipinski definition) is 6. The average molecular weight is 371 g/mol. The van der Waals surface area contributed by atoms with E-state index in [1.165, 1.54) is 18.4 Å². The summed E-state index contributed by atoms with van der Waals surface area (Å²) in [5, 5.41) is 4.14. The summed E-state index contributed by atoms with van der Waals surface area (Å²) in [4.78, 5) is 27.0. The Balaban J connectivity index is 1.82. The van der Waals surface area contributed by atoms with Crippen molar-refractivity contribution in [3.8, 4) is 11.6 Å². The molecule has 2 aromatic heterocycles. The van der Waals surface area contributed by atoms with Crippen LogP contribution in [0.25, 0.3) is 10.2 Å². The molecule has 25 heavy (non-hydrogen) atoms. The van der Waals surface area contributed by atoms with E-state index in [4.69, 9.17) is 15.2 Å². The lowest BCUT2D eigenvalue weighted by atomic mass is 10.0. The van der Waals surface area contributed by atoms with Gasteiger partial charge in [0.1, 0.15) is 17.7 Å². The van der Waals surface area contributed by atoms with Crippen LogP contribution in [0.2, 0.25) is 0 Å². The normalized spacial score (nSPS) is 20.1. The molecule has 0 aliphatic carbocycles. The number of aromatic nitrogens is 1. The van der Waals surface area contributed by atoms with Crippen LogP contribution in [-0.2, 0) is 4.79 Å². The molecule has 3 heterocycles. The SMILES string of the molecule is COc1nc2c(OCC3NC(=O)CC3C(F)F)csc2cc1C(N)=O. The van der Waals surface area contributed by atoms with Crippen molar-refractivity contribution >= 4 is 33.4 Å². The number of carbonyl (C=O) groups is 2. The number of primary amides is 1. The molecule has 1 aliphatic rings. The number of hydrogen-bond donors (Lipinski definition) is 2. The molecule has 1 fully saturated rings. The smallest absolute Gasteiger partial charge is 0.254 e. The van der Waals surface area contributed by atoms with Crippen molar-refractivity contribution in [3.05, 3.63) is 17.0 Å². The Bertz CT molecular complexity index is 826. The number of fused-ring (bicyclic) bond motifs is 1. The van der Waals surface area contributed by atoms with Crippen LogP contribution >= 0.6 is 11.3 Å². The third kappa shape index (κ3) is 3.34. The molecule has 2 atom stereocenters. The second-order valence-electron chi connectivity index (χ2n) is 5.54. The number of ether oxygens (including phenoxy) is 2. The van der Waals surface area contributed by atoms with Gasteiger partial charge < -0.3 is 20.5 Å². The van der Waals surface area contributed by atoms with Crippen molar-refractivity contribution in [2.24, 2.45) is 11.7 Å². The average Bonchev–Trinajstić information content (AvgIpc) is 3.14. The van der Waals surface area contributed by atoms with E-state index in [-0.39, 0.29) is 24.5 Å². The number of alkyl halides is 2.